The average Bonchev–Trinajstić information content (AvgIpc) is 2.94. The van der Waals surface area contributed by atoms with E-state index in [4.69, 9.17) is 9.15 Å². The highest BCUT2D eigenvalue weighted by Crippen LogP contribution is 2.22. The van der Waals surface area contributed by atoms with Crippen LogP contribution in [0.2, 0.25) is 0 Å². The fourth-order valence-electron chi connectivity index (χ4n) is 1.85. The Morgan fingerprint density at radius 1 is 1.17 bits per heavy atom. The molecule has 2 unspecified atom stereocenters. The van der Waals surface area contributed by atoms with E-state index >= 15 is 0 Å². The SMILES string of the molecule is COC(C)CNC(c1ccccc1)c1ccco1. The molecule has 0 aliphatic heterocycles. The van der Waals surface area contributed by atoms with Crippen molar-refractivity contribution < 1.29 is 9.15 Å². The van der Waals surface area contributed by atoms with Crippen molar-refractivity contribution in [2.24, 2.45) is 0 Å². The van der Waals surface area contributed by atoms with Gasteiger partial charge in [0.15, 0.2) is 0 Å². The first kappa shape index (κ1) is 12.9. The van der Waals surface area contributed by atoms with Gasteiger partial charge in [0, 0.05) is 13.7 Å². The van der Waals surface area contributed by atoms with Gasteiger partial charge in [-0.3, -0.25) is 0 Å². The topological polar surface area (TPSA) is 34.4 Å². The van der Waals surface area contributed by atoms with Crippen LogP contribution in [0, 0.1) is 0 Å². The van der Waals surface area contributed by atoms with Crippen LogP contribution in [0.3, 0.4) is 0 Å². The maximum atomic E-state index is 5.51. The minimum atomic E-state index is 0.0683. The number of methoxy groups -OCH3 is 1. The van der Waals surface area contributed by atoms with Crippen LogP contribution >= 0.6 is 0 Å². The van der Waals surface area contributed by atoms with Gasteiger partial charge in [-0.2, -0.15) is 0 Å². The molecule has 0 aliphatic carbocycles. The lowest BCUT2D eigenvalue weighted by molar-refractivity contribution is 0.115. The molecule has 1 heterocycles. The number of rotatable bonds is 6. The first-order valence-electron chi connectivity index (χ1n) is 6.15. The molecular weight excluding hydrogens is 226 g/mol. The van der Waals surface area contributed by atoms with E-state index in [2.05, 4.69) is 17.4 Å². The molecule has 2 atom stereocenters. The molecule has 0 spiro atoms. The summed E-state index contributed by atoms with van der Waals surface area (Å²) in [6.45, 7) is 2.81. The van der Waals surface area contributed by atoms with Gasteiger partial charge in [0.05, 0.1) is 18.4 Å². The summed E-state index contributed by atoms with van der Waals surface area (Å²) in [5.74, 6) is 0.921. The first-order chi connectivity index (χ1) is 8.81. The third-order valence-corrected chi connectivity index (χ3v) is 2.97. The molecule has 0 fully saturated rings. The zero-order chi connectivity index (χ0) is 12.8. The minimum Gasteiger partial charge on any atom is -0.467 e. The van der Waals surface area contributed by atoms with Crippen molar-refractivity contribution in [3.63, 3.8) is 0 Å². The predicted molar refractivity (Wildman–Crippen MR) is 71.5 cm³/mol. The molecule has 96 valence electrons. The number of benzene rings is 1. The summed E-state index contributed by atoms with van der Waals surface area (Å²) in [7, 11) is 1.72. The summed E-state index contributed by atoms with van der Waals surface area (Å²) in [5, 5.41) is 3.47. The molecule has 2 aromatic rings. The lowest BCUT2D eigenvalue weighted by atomic mass is 10.0. The summed E-state index contributed by atoms with van der Waals surface area (Å²) in [6, 6.07) is 14.2. The zero-order valence-electron chi connectivity index (χ0n) is 10.8. The highest BCUT2D eigenvalue weighted by molar-refractivity contribution is 5.26. The largest absolute Gasteiger partial charge is 0.467 e. The van der Waals surface area contributed by atoms with Crippen LogP contribution in [-0.2, 0) is 4.74 Å². The summed E-state index contributed by atoms with van der Waals surface area (Å²) in [5.41, 5.74) is 1.19. The van der Waals surface area contributed by atoms with Gasteiger partial charge in [0.2, 0.25) is 0 Å². The highest BCUT2D eigenvalue weighted by atomic mass is 16.5. The average molecular weight is 245 g/mol. The van der Waals surface area contributed by atoms with Crippen LogP contribution in [0.5, 0.6) is 0 Å². The van der Waals surface area contributed by atoms with E-state index in [1.807, 2.05) is 37.3 Å². The van der Waals surface area contributed by atoms with Gasteiger partial charge < -0.3 is 14.5 Å². The smallest absolute Gasteiger partial charge is 0.125 e. The maximum Gasteiger partial charge on any atom is 0.125 e. The van der Waals surface area contributed by atoms with Gasteiger partial charge in [0.25, 0.3) is 0 Å². The normalized spacial score (nSPS) is 14.3. The van der Waals surface area contributed by atoms with Crippen LogP contribution in [0.25, 0.3) is 0 Å². The van der Waals surface area contributed by atoms with E-state index in [0.29, 0.717) is 0 Å². The predicted octanol–water partition coefficient (Wildman–Crippen LogP) is 2.99. The molecule has 0 saturated heterocycles. The van der Waals surface area contributed by atoms with E-state index in [-0.39, 0.29) is 12.1 Å². The van der Waals surface area contributed by atoms with E-state index in [1.165, 1.54) is 5.56 Å². The summed E-state index contributed by atoms with van der Waals surface area (Å²) < 4.78 is 10.8. The molecule has 3 nitrogen and oxygen atoms in total. The standard InChI is InChI=1S/C15H19NO2/c1-12(17-2)11-16-15(14-9-6-10-18-14)13-7-4-3-5-8-13/h3-10,12,15-16H,11H2,1-2H3. The lowest BCUT2D eigenvalue weighted by Gasteiger charge is -2.19. The number of hydrogen-bond donors (Lipinski definition) is 1. The molecule has 2 rings (SSSR count). The van der Waals surface area contributed by atoms with Crippen LogP contribution in [0.15, 0.2) is 53.1 Å². The molecular formula is C15H19NO2. The number of furan rings is 1. The van der Waals surface area contributed by atoms with Crippen molar-refractivity contribution in [1.29, 1.82) is 0 Å². The van der Waals surface area contributed by atoms with Gasteiger partial charge in [-0.1, -0.05) is 30.3 Å². The first-order valence-corrected chi connectivity index (χ1v) is 6.15. The Hall–Kier alpha value is -1.58. The van der Waals surface area contributed by atoms with Crippen molar-refractivity contribution in [1.82, 2.24) is 5.32 Å². The molecule has 0 saturated carbocycles. The fraction of sp³-hybridized carbons (Fsp3) is 0.333. The highest BCUT2D eigenvalue weighted by Gasteiger charge is 2.16. The molecule has 1 aromatic carbocycles. The number of hydrogen-bond acceptors (Lipinski definition) is 3. The van der Waals surface area contributed by atoms with Crippen LogP contribution < -0.4 is 5.32 Å². The molecule has 0 radical (unpaired) electrons. The third-order valence-electron chi connectivity index (χ3n) is 2.97. The molecule has 0 aliphatic rings. The number of ether oxygens (including phenoxy) is 1. The minimum absolute atomic E-state index is 0.0683. The third kappa shape index (κ3) is 3.22. The molecule has 0 amide bonds. The molecule has 3 heteroatoms. The second-order valence-corrected chi connectivity index (χ2v) is 4.31. The van der Waals surface area contributed by atoms with E-state index in [0.717, 1.165) is 12.3 Å². The molecule has 1 N–H and O–H groups in total. The number of nitrogens with one attached hydrogen (secondary N) is 1. The molecule has 1 aromatic heterocycles. The zero-order valence-corrected chi connectivity index (χ0v) is 10.8. The van der Waals surface area contributed by atoms with Crippen molar-refractivity contribution in [2.75, 3.05) is 13.7 Å². The second-order valence-electron chi connectivity index (χ2n) is 4.31. The van der Waals surface area contributed by atoms with Gasteiger partial charge in [-0.15, -0.1) is 0 Å². The van der Waals surface area contributed by atoms with E-state index < -0.39 is 0 Å². The Morgan fingerprint density at radius 3 is 2.56 bits per heavy atom. The van der Waals surface area contributed by atoms with Crippen molar-refractivity contribution in [3.05, 3.63) is 60.1 Å². The Morgan fingerprint density at radius 2 is 1.94 bits per heavy atom. The van der Waals surface area contributed by atoms with Gasteiger partial charge >= 0.3 is 0 Å². The van der Waals surface area contributed by atoms with Gasteiger partial charge in [0.1, 0.15) is 5.76 Å². The van der Waals surface area contributed by atoms with Crippen LogP contribution in [0.1, 0.15) is 24.3 Å². The fourth-order valence-corrected chi connectivity index (χ4v) is 1.85. The Kier molecular flexibility index (Phi) is 4.56. The lowest BCUT2D eigenvalue weighted by Crippen LogP contribution is -2.30. The maximum absolute atomic E-state index is 5.51. The quantitative estimate of drug-likeness (QED) is 0.849. The Balaban J connectivity index is 2.14. The Labute approximate surface area is 108 Å². The monoisotopic (exact) mass is 245 g/mol. The van der Waals surface area contributed by atoms with E-state index in [9.17, 15) is 0 Å². The Bertz CT molecular complexity index is 439. The summed E-state index contributed by atoms with van der Waals surface area (Å²) in [6.07, 6.45) is 1.87. The van der Waals surface area contributed by atoms with Crippen LogP contribution in [-0.4, -0.2) is 19.8 Å². The molecule has 18 heavy (non-hydrogen) atoms. The van der Waals surface area contributed by atoms with Crippen molar-refractivity contribution >= 4 is 0 Å². The van der Waals surface area contributed by atoms with Gasteiger partial charge in [-0.25, -0.2) is 0 Å². The van der Waals surface area contributed by atoms with E-state index in [1.54, 1.807) is 13.4 Å². The van der Waals surface area contributed by atoms with Crippen LogP contribution in [0.4, 0.5) is 0 Å². The summed E-state index contributed by atoms with van der Waals surface area (Å²) >= 11 is 0. The molecule has 0 bridgehead atoms. The summed E-state index contributed by atoms with van der Waals surface area (Å²) in [4.78, 5) is 0. The van der Waals surface area contributed by atoms with Crippen molar-refractivity contribution in [3.8, 4) is 0 Å². The van der Waals surface area contributed by atoms with Gasteiger partial charge in [-0.05, 0) is 24.6 Å². The second kappa shape index (κ2) is 6.38. The van der Waals surface area contributed by atoms with Crippen molar-refractivity contribution in [2.45, 2.75) is 19.1 Å².